The number of carbonyl (C=O) groups excluding carboxylic acids is 3. The van der Waals surface area contributed by atoms with Crippen molar-refractivity contribution in [1.82, 2.24) is 20.4 Å². The van der Waals surface area contributed by atoms with Crippen molar-refractivity contribution < 1.29 is 14.4 Å². The van der Waals surface area contributed by atoms with Crippen LogP contribution in [-0.2, 0) is 14.4 Å². The number of nitrogens with two attached hydrogens (primary N) is 1. The van der Waals surface area contributed by atoms with Crippen LogP contribution >= 0.6 is 0 Å². The molecule has 0 bridgehead atoms. The van der Waals surface area contributed by atoms with Crippen molar-refractivity contribution in [3.63, 3.8) is 0 Å². The molecule has 8 nitrogen and oxygen atoms in total. The summed E-state index contributed by atoms with van der Waals surface area (Å²) >= 11 is 0. The number of amides is 3. The SMILES string of the molecule is NCCCN(C=O)C(=O)C(=O)NCCN1CCNCC1. The Labute approximate surface area is 118 Å². The molecule has 0 saturated carbocycles. The van der Waals surface area contributed by atoms with Gasteiger partial charge in [-0.3, -0.25) is 24.2 Å². The smallest absolute Gasteiger partial charge is 0.318 e. The highest BCUT2D eigenvalue weighted by Crippen LogP contribution is 1.91. The number of hydrogen-bond donors (Lipinski definition) is 3. The molecule has 1 saturated heterocycles. The highest BCUT2D eigenvalue weighted by atomic mass is 16.2. The first-order valence-electron chi connectivity index (χ1n) is 6.86. The number of rotatable bonds is 7. The molecular formula is C12H23N5O3. The van der Waals surface area contributed by atoms with Gasteiger partial charge in [0.25, 0.3) is 0 Å². The first-order valence-corrected chi connectivity index (χ1v) is 6.86. The summed E-state index contributed by atoms with van der Waals surface area (Å²) in [7, 11) is 0. The average Bonchev–Trinajstić information content (AvgIpc) is 2.48. The Morgan fingerprint density at radius 3 is 2.65 bits per heavy atom. The Hall–Kier alpha value is -1.51. The molecule has 0 aliphatic carbocycles. The highest BCUT2D eigenvalue weighted by molar-refractivity contribution is 6.36. The molecule has 3 amide bonds. The van der Waals surface area contributed by atoms with E-state index < -0.39 is 11.8 Å². The topological polar surface area (TPSA) is 108 Å². The van der Waals surface area contributed by atoms with Gasteiger partial charge in [0.05, 0.1) is 0 Å². The fraction of sp³-hybridized carbons (Fsp3) is 0.750. The molecule has 0 unspecified atom stereocenters. The van der Waals surface area contributed by atoms with E-state index in [1.807, 2.05) is 0 Å². The minimum absolute atomic E-state index is 0.171. The third-order valence-electron chi connectivity index (χ3n) is 3.11. The zero-order chi connectivity index (χ0) is 14.8. The first kappa shape index (κ1) is 16.5. The molecule has 0 radical (unpaired) electrons. The van der Waals surface area contributed by atoms with Gasteiger partial charge in [0.15, 0.2) is 0 Å². The molecule has 0 atom stereocenters. The summed E-state index contributed by atoms with van der Waals surface area (Å²) in [5, 5.41) is 5.77. The van der Waals surface area contributed by atoms with Gasteiger partial charge in [0, 0.05) is 45.8 Å². The highest BCUT2D eigenvalue weighted by Gasteiger charge is 2.20. The van der Waals surface area contributed by atoms with Crippen LogP contribution in [0.3, 0.4) is 0 Å². The Kier molecular flexibility index (Phi) is 7.78. The lowest BCUT2D eigenvalue weighted by molar-refractivity contribution is -0.148. The van der Waals surface area contributed by atoms with Gasteiger partial charge in [0.1, 0.15) is 0 Å². The van der Waals surface area contributed by atoms with E-state index in [2.05, 4.69) is 15.5 Å². The van der Waals surface area contributed by atoms with Gasteiger partial charge in [0.2, 0.25) is 6.41 Å². The lowest BCUT2D eigenvalue weighted by atomic mass is 10.3. The molecular weight excluding hydrogens is 262 g/mol. The average molecular weight is 285 g/mol. The largest absolute Gasteiger partial charge is 0.347 e. The Balaban J connectivity index is 2.25. The number of nitrogens with one attached hydrogen (secondary N) is 2. The van der Waals surface area contributed by atoms with Crippen molar-refractivity contribution in [1.29, 1.82) is 0 Å². The summed E-state index contributed by atoms with van der Waals surface area (Å²) in [6, 6.07) is 0. The second-order valence-electron chi connectivity index (χ2n) is 4.59. The van der Waals surface area contributed by atoms with Gasteiger partial charge in [-0.2, -0.15) is 0 Å². The summed E-state index contributed by atoms with van der Waals surface area (Å²) in [5.41, 5.74) is 5.31. The molecule has 1 aliphatic rings. The molecule has 1 rings (SSSR count). The van der Waals surface area contributed by atoms with Gasteiger partial charge in [-0.1, -0.05) is 0 Å². The van der Waals surface area contributed by atoms with Gasteiger partial charge < -0.3 is 16.4 Å². The Morgan fingerprint density at radius 1 is 1.35 bits per heavy atom. The predicted octanol–water partition coefficient (Wildman–Crippen LogP) is -2.66. The fourth-order valence-electron chi connectivity index (χ4n) is 1.93. The van der Waals surface area contributed by atoms with Crippen LogP contribution in [0.2, 0.25) is 0 Å². The standard InChI is InChI=1S/C12H23N5O3/c13-2-1-6-17(10-18)12(20)11(19)15-5-9-16-7-3-14-4-8-16/h10,14H,1-9,13H2,(H,15,19). The van der Waals surface area contributed by atoms with E-state index in [0.717, 1.165) is 31.1 Å². The van der Waals surface area contributed by atoms with Crippen LogP contribution < -0.4 is 16.4 Å². The minimum Gasteiger partial charge on any atom is -0.347 e. The number of carbonyl (C=O) groups is 3. The predicted molar refractivity (Wildman–Crippen MR) is 73.8 cm³/mol. The van der Waals surface area contributed by atoms with Gasteiger partial charge >= 0.3 is 11.8 Å². The van der Waals surface area contributed by atoms with E-state index >= 15 is 0 Å². The summed E-state index contributed by atoms with van der Waals surface area (Å²) in [6.07, 6.45) is 0.854. The van der Waals surface area contributed by atoms with Crippen molar-refractivity contribution in [2.75, 3.05) is 52.4 Å². The van der Waals surface area contributed by atoms with Crippen molar-refractivity contribution in [2.24, 2.45) is 5.73 Å². The molecule has 20 heavy (non-hydrogen) atoms. The fourth-order valence-corrected chi connectivity index (χ4v) is 1.93. The van der Waals surface area contributed by atoms with Crippen LogP contribution in [0.5, 0.6) is 0 Å². The normalized spacial score (nSPS) is 15.7. The van der Waals surface area contributed by atoms with Crippen LogP contribution in [0.1, 0.15) is 6.42 Å². The van der Waals surface area contributed by atoms with Gasteiger partial charge in [-0.15, -0.1) is 0 Å². The van der Waals surface area contributed by atoms with Crippen LogP contribution in [0, 0.1) is 0 Å². The second kappa shape index (κ2) is 9.40. The maximum atomic E-state index is 11.7. The maximum Gasteiger partial charge on any atom is 0.318 e. The molecule has 8 heteroatoms. The lowest BCUT2D eigenvalue weighted by Crippen LogP contribution is -2.48. The van der Waals surface area contributed by atoms with Crippen molar-refractivity contribution >= 4 is 18.2 Å². The number of imide groups is 1. The third kappa shape index (κ3) is 5.64. The van der Waals surface area contributed by atoms with Gasteiger partial charge in [-0.25, -0.2) is 0 Å². The number of nitrogens with zero attached hydrogens (tertiary/aromatic N) is 2. The molecule has 0 aromatic rings. The second-order valence-corrected chi connectivity index (χ2v) is 4.59. The summed E-state index contributed by atoms with van der Waals surface area (Å²) in [5.74, 6) is -1.57. The molecule has 0 aromatic heterocycles. The van der Waals surface area contributed by atoms with Gasteiger partial charge in [-0.05, 0) is 13.0 Å². The third-order valence-corrected chi connectivity index (χ3v) is 3.11. The minimum atomic E-state index is -0.825. The number of hydrogen-bond acceptors (Lipinski definition) is 6. The zero-order valence-electron chi connectivity index (χ0n) is 11.6. The molecule has 0 spiro atoms. The summed E-state index contributed by atoms with van der Waals surface area (Å²) in [4.78, 5) is 37.1. The Morgan fingerprint density at radius 2 is 2.05 bits per heavy atom. The van der Waals surface area contributed by atoms with E-state index in [9.17, 15) is 14.4 Å². The van der Waals surface area contributed by atoms with Crippen molar-refractivity contribution in [3.05, 3.63) is 0 Å². The molecule has 0 aromatic carbocycles. The molecule has 1 aliphatic heterocycles. The van der Waals surface area contributed by atoms with Crippen LogP contribution in [0.15, 0.2) is 0 Å². The molecule has 1 fully saturated rings. The quantitative estimate of drug-likeness (QED) is 0.348. The molecule has 4 N–H and O–H groups in total. The monoisotopic (exact) mass is 285 g/mol. The maximum absolute atomic E-state index is 11.7. The van der Waals surface area contributed by atoms with Crippen molar-refractivity contribution in [3.8, 4) is 0 Å². The van der Waals surface area contributed by atoms with E-state index in [4.69, 9.17) is 5.73 Å². The zero-order valence-corrected chi connectivity index (χ0v) is 11.6. The van der Waals surface area contributed by atoms with Crippen molar-refractivity contribution in [2.45, 2.75) is 6.42 Å². The number of piperazine rings is 1. The van der Waals surface area contributed by atoms with E-state index in [1.54, 1.807) is 0 Å². The van der Waals surface area contributed by atoms with E-state index in [0.29, 0.717) is 32.5 Å². The first-order chi connectivity index (χ1) is 9.69. The lowest BCUT2D eigenvalue weighted by Gasteiger charge is -2.27. The molecule has 1 heterocycles. The molecule has 114 valence electrons. The van der Waals surface area contributed by atoms with Crippen LogP contribution in [0.4, 0.5) is 0 Å². The summed E-state index contributed by atoms with van der Waals surface area (Å²) < 4.78 is 0. The van der Waals surface area contributed by atoms with E-state index in [-0.39, 0.29) is 6.54 Å². The van der Waals surface area contributed by atoms with Crippen LogP contribution in [0.25, 0.3) is 0 Å². The van der Waals surface area contributed by atoms with E-state index in [1.165, 1.54) is 0 Å². The van der Waals surface area contributed by atoms with Crippen LogP contribution in [-0.4, -0.2) is 80.4 Å². The Bertz CT molecular complexity index is 331. The summed E-state index contributed by atoms with van der Waals surface area (Å²) in [6.45, 7) is 5.36.